The highest BCUT2D eigenvalue weighted by Crippen LogP contribution is 2.33. The highest BCUT2D eigenvalue weighted by atomic mass is 35.5. The minimum absolute atomic E-state index is 0.113. The predicted octanol–water partition coefficient (Wildman–Crippen LogP) is 5.83. The normalized spacial score (nSPS) is 10.9. The van der Waals surface area contributed by atoms with Gasteiger partial charge >= 0.3 is 0 Å². The van der Waals surface area contributed by atoms with Gasteiger partial charge in [-0.2, -0.15) is 0 Å². The molecule has 4 rings (SSSR count). The molecule has 1 heterocycles. The third-order valence-electron chi connectivity index (χ3n) is 5.00. The van der Waals surface area contributed by atoms with Crippen molar-refractivity contribution in [2.45, 2.75) is 6.92 Å². The van der Waals surface area contributed by atoms with Crippen LogP contribution in [0.15, 0.2) is 69.9 Å². The monoisotopic (exact) mass is 452 g/mol. The van der Waals surface area contributed by atoms with E-state index in [1.54, 1.807) is 44.4 Å². The van der Waals surface area contributed by atoms with Crippen molar-refractivity contribution in [2.75, 3.05) is 13.7 Å². The number of fused-ring (bicyclic) bond motifs is 1. The molecular formula is C25H18ClFO5. The van der Waals surface area contributed by atoms with E-state index in [0.29, 0.717) is 21.9 Å². The first kappa shape index (κ1) is 21.6. The lowest BCUT2D eigenvalue weighted by molar-refractivity contribution is 0.0920. The van der Waals surface area contributed by atoms with E-state index < -0.39 is 23.6 Å². The van der Waals surface area contributed by atoms with Gasteiger partial charge in [0.15, 0.2) is 18.2 Å². The van der Waals surface area contributed by atoms with Gasteiger partial charge in [0.05, 0.1) is 12.5 Å². The summed E-state index contributed by atoms with van der Waals surface area (Å²) < 4.78 is 30.0. The fraction of sp³-hybridized carbons (Fsp3) is 0.120. The second-order valence-corrected chi connectivity index (χ2v) is 7.54. The number of ketones is 1. The zero-order chi connectivity index (χ0) is 22.8. The number of carbonyl (C=O) groups excluding carboxylic acids is 1. The molecule has 0 aliphatic rings. The van der Waals surface area contributed by atoms with Gasteiger partial charge in [-0.15, -0.1) is 0 Å². The molecule has 32 heavy (non-hydrogen) atoms. The molecule has 0 amide bonds. The molecule has 162 valence electrons. The minimum atomic E-state index is -0.453. The first-order chi connectivity index (χ1) is 15.4. The Morgan fingerprint density at radius 2 is 1.75 bits per heavy atom. The Labute approximate surface area is 188 Å². The fourth-order valence-electron chi connectivity index (χ4n) is 3.22. The Kier molecular flexibility index (Phi) is 5.97. The summed E-state index contributed by atoms with van der Waals surface area (Å²) in [5, 5.41) is 0.650. The van der Waals surface area contributed by atoms with Crippen LogP contribution in [-0.2, 0) is 0 Å². The molecule has 0 aliphatic carbocycles. The van der Waals surface area contributed by atoms with E-state index in [0.717, 1.165) is 5.56 Å². The lowest BCUT2D eigenvalue weighted by Gasteiger charge is -2.12. The van der Waals surface area contributed by atoms with E-state index in [9.17, 15) is 14.0 Å². The molecule has 0 fully saturated rings. The Hall–Kier alpha value is -3.64. The summed E-state index contributed by atoms with van der Waals surface area (Å²) in [5.41, 5.74) is 1.48. The second-order valence-electron chi connectivity index (χ2n) is 7.13. The maximum Gasteiger partial charge on any atom is 0.235 e. The largest absolute Gasteiger partial charge is 0.497 e. The van der Waals surface area contributed by atoms with Gasteiger partial charge in [0.25, 0.3) is 0 Å². The van der Waals surface area contributed by atoms with E-state index in [1.165, 1.54) is 30.3 Å². The fourth-order valence-corrected chi connectivity index (χ4v) is 3.38. The van der Waals surface area contributed by atoms with Gasteiger partial charge in [-0.05, 0) is 73.2 Å². The highest BCUT2D eigenvalue weighted by Gasteiger charge is 2.20. The van der Waals surface area contributed by atoms with Crippen LogP contribution in [0.4, 0.5) is 4.39 Å². The summed E-state index contributed by atoms with van der Waals surface area (Å²) in [6.07, 6.45) is 0. The first-order valence-electron chi connectivity index (χ1n) is 9.70. The molecule has 3 aromatic carbocycles. The van der Waals surface area contributed by atoms with Crippen molar-refractivity contribution in [2.24, 2.45) is 0 Å². The molecule has 1 aromatic heterocycles. The van der Waals surface area contributed by atoms with Crippen molar-refractivity contribution in [1.82, 2.24) is 0 Å². The number of rotatable bonds is 6. The zero-order valence-corrected chi connectivity index (χ0v) is 18.0. The smallest absolute Gasteiger partial charge is 0.235 e. The number of Topliss-reactive ketones (excluding diaryl/α,β-unsaturated/α-hetero) is 1. The summed E-state index contributed by atoms with van der Waals surface area (Å²) in [5.74, 6) is -0.163. The Morgan fingerprint density at radius 3 is 2.41 bits per heavy atom. The van der Waals surface area contributed by atoms with E-state index in [-0.39, 0.29) is 22.5 Å². The topological polar surface area (TPSA) is 65.7 Å². The molecule has 0 bridgehead atoms. The van der Waals surface area contributed by atoms with Gasteiger partial charge < -0.3 is 13.9 Å². The number of halogens is 2. The number of aryl methyl sites for hydroxylation is 1. The van der Waals surface area contributed by atoms with E-state index in [2.05, 4.69) is 0 Å². The highest BCUT2D eigenvalue weighted by molar-refractivity contribution is 6.32. The molecule has 5 nitrogen and oxygen atoms in total. The summed E-state index contributed by atoms with van der Waals surface area (Å²) in [7, 11) is 1.55. The van der Waals surface area contributed by atoms with Gasteiger partial charge in [0.1, 0.15) is 17.1 Å². The van der Waals surface area contributed by atoms with Gasteiger partial charge in [-0.1, -0.05) is 11.6 Å². The van der Waals surface area contributed by atoms with Crippen LogP contribution in [0.25, 0.3) is 22.3 Å². The van der Waals surface area contributed by atoms with Gasteiger partial charge in [-0.25, -0.2) is 4.39 Å². The molecule has 0 radical (unpaired) electrons. The van der Waals surface area contributed by atoms with E-state index >= 15 is 0 Å². The summed E-state index contributed by atoms with van der Waals surface area (Å²) in [6, 6.07) is 15.2. The lowest BCUT2D eigenvalue weighted by atomic mass is 10.1. The molecule has 0 unspecified atom stereocenters. The summed E-state index contributed by atoms with van der Waals surface area (Å²) in [4.78, 5) is 25.8. The van der Waals surface area contributed by atoms with Crippen molar-refractivity contribution in [3.8, 4) is 22.8 Å². The maximum atomic E-state index is 13.3. The number of benzene rings is 3. The average molecular weight is 453 g/mol. The molecular weight excluding hydrogens is 435 g/mol. The summed E-state index contributed by atoms with van der Waals surface area (Å²) in [6.45, 7) is 1.38. The SMILES string of the molecule is COc1ccc(-c2oc3cc(C)c(Cl)cc3c(=O)c2OCC(=O)c2ccc(F)cc2)cc1. The molecule has 0 saturated heterocycles. The molecule has 0 N–H and O–H groups in total. The molecule has 4 aromatic rings. The number of ether oxygens (including phenoxy) is 2. The quantitative estimate of drug-likeness (QED) is 0.344. The Morgan fingerprint density at radius 1 is 1.06 bits per heavy atom. The van der Waals surface area contributed by atoms with Crippen LogP contribution >= 0.6 is 11.6 Å². The van der Waals surface area contributed by atoms with Gasteiger partial charge in [0.2, 0.25) is 11.2 Å². The zero-order valence-electron chi connectivity index (χ0n) is 17.3. The maximum absolute atomic E-state index is 13.3. The molecule has 0 atom stereocenters. The molecule has 0 aliphatic heterocycles. The van der Waals surface area contributed by atoms with Crippen LogP contribution in [0.2, 0.25) is 5.02 Å². The Bertz CT molecular complexity index is 1360. The third kappa shape index (κ3) is 4.22. The lowest BCUT2D eigenvalue weighted by Crippen LogP contribution is -2.17. The van der Waals surface area contributed by atoms with Crippen LogP contribution in [-0.4, -0.2) is 19.5 Å². The predicted molar refractivity (Wildman–Crippen MR) is 120 cm³/mol. The van der Waals surface area contributed by atoms with Gasteiger partial charge in [0, 0.05) is 16.1 Å². The van der Waals surface area contributed by atoms with E-state index in [1.807, 2.05) is 0 Å². The van der Waals surface area contributed by atoms with Crippen molar-refractivity contribution in [3.05, 3.63) is 92.9 Å². The standard InChI is InChI=1S/C25H18ClFO5/c1-14-11-22-19(12-20(14)26)23(29)25(24(32-22)16-5-9-18(30-2)10-6-16)31-13-21(28)15-3-7-17(27)8-4-15/h3-12H,13H2,1-2H3. The number of carbonyl (C=O) groups is 1. The van der Waals surface area contributed by atoms with Crippen LogP contribution in [0.1, 0.15) is 15.9 Å². The number of hydrogen-bond acceptors (Lipinski definition) is 5. The average Bonchev–Trinajstić information content (AvgIpc) is 2.80. The van der Waals surface area contributed by atoms with Crippen LogP contribution < -0.4 is 14.9 Å². The Balaban J connectivity index is 1.79. The molecule has 7 heteroatoms. The third-order valence-corrected chi connectivity index (χ3v) is 5.40. The van der Waals surface area contributed by atoms with Crippen molar-refractivity contribution < 1.29 is 23.1 Å². The van der Waals surface area contributed by atoms with Crippen molar-refractivity contribution in [1.29, 1.82) is 0 Å². The molecule has 0 saturated carbocycles. The van der Waals surface area contributed by atoms with Crippen LogP contribution in [0.5, 0.6) is 11.5 Å². The number of methoxy groups -OCH3 is 1. The van der Waals surface area contributed by atoms with Crippen molar-refractivity contribution >= 4 is 28.4 Å². The van der Waals surface area contributed by atoms with Crippen molar-refractivity contribution in [3.63, 3.8) is 0 Å². The van der Waals surface area contributed by atoms with E-state index in [4.69, 9.17) is 25.5 Å². The molecule has 0 spiro atoms. The second kappa shape index (κ2) is 8.85. The first-order valence-corrected chi connectivity index (χ1v) is 10.1. The van der Waals surface area contributed by atoms with Crippen LogP contribution in [0.3, 0.4) is 0 Å². The summed E-state index contributed by atoms with van der Waals surface area (Å²) >= 11 is 6.20. The van der Waals surface area contributed by atoms with Crippen LogP contribution in [0, 0.1) is 12.7 Å². The van der Waals surface area contributed by atoms with Gasteiger partial charge in [-0.3, -0.25) is 9.59 Å². The number of hydrogen-bond donors (Lipinski definition) is 0. The minimum Gasteiger partial charge on any atom is -0.497 e.